The third kappa shape index (κ3) is 88.3. The zero-order chi connectivity index (χ0) is 56.2. The van der Waals surface area contributed by atoms with E-state index >= 15 is 0 Å². The monoisotopic (exact) mass is 1150 g/mol. The van der Waals surface area contributed by atoms with Crippen molar-refractivity contribution in [1.82, 2.24) is 0 Å². The highest BCUT2D eigenvalue weighted by molar-refractivity contribution is 7.79. The Morgan fingerprint density at radius 1 is 0.213 bits per heavy atom. The third-order valence-corrected chi connectivity index (χ3v) is 15.7. The van der Waals surface area contributed by atoms with Gasteiger partial charge in [-0.25, -0.2) is 0 Å². The van der Waals surface area contributed by atoms with Gasteiger partial charge in [-0.05, 0) is 77.0 Å². The first-order valence-corrected chi connectivity index (χ1v) is 34.8. The molecule has 0 aromatic heterocycles. The maximum Gasteiger partial charge on any atom is 0.0782 e. The van der Waals surface area contributed by atoms with Crippen molar-refractivity contribution in [2.75, 3.05) is 81.6 Å². The highest BCUT2D eigenvalue weighted by Crippen LogP contribution is 2.17. The second-order valence-corrected chi connectivity index (χ2v) is 26.2. The second-order valence-electron chi connectivity index (χ2n) is 25.4. The van der Waals surface area contributed by atoms with Gasteiger partial charge >= 0.3 is 0 Å². The first-order valence-electron chi connectivity index (χ1n) is 33.5. The molecule has 0 amide bonds. The standard InChI is InChI=1S/3C22H48N.BrH.H2O4S/c3*1-5-7-9-11-13-15-17-19-21-23(3,4)22-20-18-16-14-12-10-8-6-2;;1-5(2,3)4/h3*5-22H2,1-4H3;1H;(H2,1,2,3,4)/q3*+1;;/p-3. The first-order chi connectivity index (χ1) is 35.4. The summed E-state index contributed by atoms with van der Waals surface area (Å²) >= 11 is 0. The zero-order valence-electron chi connectivity index (χ0n) is 53.9. The molecule has 0 aliphatic rings. The van der Waals surface area contributed by atoms with Crippen LogP contribution in [0.1, 0.15) is 350 Å². The molecule has 0 aromatic carbocycles. The van der Waals surface area contributed by atoms with Crippen molar-refractivity contribution in [3.63, 3.8) is 0 Å². The summed E-state index contributed by atoms with van der Waals surface area (Å²) < 4.78 is 37.8. The summed E-state index contributed by atoms with van der Waals surface area (Å²) in [6.07, 6.45) is 69.1. The molecule has 460 valence electrons. The van der Waals surface area contributed by atoms with Crippen molar-refractivity contribution in [2.24, 2.45) is 0 Å². The number of halogens is 1. The molecule has 0 unspecified atom stereocenters. The maximum absolute atomic E-state index is 8.52. The Morgan fingerprint density at radius 2 is 0.293 bits per heavy atom. The average Bonchev–Trinajstić information content (AvgIpc) is 3.34. The van der Waals surface area contributed by atoms with Crippen LogP contribution in [0.3, 0.4) is 0 Å². The van der Waals surface area contributed by atoms with Gasteiger partial charge in [-0.2, -0.15) is 0 Å². The number of hydrogen-bond acceptors (Lipinski definition) is 4. The SMILES string of the molecule is CCCCCCCCCC[N+](C)(C)CCCCCCCCCC.CCCCCCCCCC[N+](C)(C)CCCCCCCCCC.CCCCCCCCCC[N+](C)(C)CCCCCCCCCC.O=S(=O)([O-])[O-].[Br-]. The van der Waals surface area contributed by atoms with Gasteiger partial charge in [-0.1, -0.05) is 273 Å². The molecule has 0 radical (unpaired) electrons. The fraction of sp³-hybridized carbons (Fsp3) is 1.00. The van der Waals surface area contributed by atoms with Crippen LogP contribution < -0.4 is 17.0 Å². The van der Waals surface area contributed by atoms with Crippen LogP contribution in [0.2, 0.25) is 0 Å². The van der Waals surface area contributed by atoms with Crippen molar-refractivity contribution in [2.45, 2.75) is 350 Å². The van der Waals surface area contributed by atoms with Crippen molar-refractivity contribution in [1.29, 1.82) is 0 Å². The summed E-state index contributed by atoms with van der Waals surface area (Å²) in [5.74, 6) is 0. The van der Waals surface area contributed by atoms with Crippen molar-refractivity contribution in [3.8, 4) is 0 Å². The predicted octanol–water partition coefficient (Wildman–Crippen LogP) is 17.7. The number of nitrogens with zero attached hydrogens (tertiary/aromatic N) is 3. The van der Waals surface area contributed by atoms with E-state index in [1.807, 2.05) is 0 Å². The van der Waals surface area contributed by atoms with Crippen LogP contribution in [0.5, 0.6) is 0 Å². The summed E-state index contributed by atoms with van der Waals surface area (Å²) in [4.78, 5) is 0. The van der Waals surface area contributed by atoms with Gasteiger partial charge < -0.3 is 39.5 Å². The maximum atomic E-state index is 8.52. The Kier molecular flexibility index (Phi) is 72.9. The lowest BCUT2D eigenvalue weighted by molar-refractivity contribution is -0.890. The van der Waals surface area contributed by atoms with Crippen molar-refractivity contribution in [3.05, 3.63) is 0 Å². The molecule has 0 aromatic rings. The summed E-state index contributed by atoms with van der Waals surface area (Å²) in [6, 6.07) is 0. The van der Waals surface area contributed by atoms with Gasteiger partial charge in [0.2, 0.25) is 0 Å². The van der Waals surface area contributed by atoms with Crippen LogP contribution in [0.25, 0.3) is 0 Å². The fourth-order valence-corrected chi connectivity index (χ4v) is 10.4. The van der Waals surface area contributed by atoms with E-state index in [9.17, 15) is 0 Å². The molecule has 0 atom stereocenters. The molecular weight excluding hydrogens is 1010 g/mol. The molecule has 0 saturated heterocycles. The molecule has 9 heteroatoms. The lowest BCUT2D eigenvalue weighted by Gasteiger charge is -2.30. The number of hydrogen-bond donors (Lipinski definition) is 0. The number of unbranched alkanes of at least 4 members (excludes halogenated alkanes) is 42. The van der Waals surface area contributed by atoms with Gasteiger partial charge in [0.25, 0.3) is 0 Å². The van der Waals surface area contributed by atoms with E-state index in [2.05, 4.69) is 83.8 Å². The summed E-state index contributed by atoms with van der Waals surface area (Å²) in [7, 11) is 9.43. The zero-order valence-corrected chi connectivity index (χ0v) is 56.3. The Balaban J connectivity index is -0.000000309. The molecule has 0 bridgehead atoms. The molecule has 0 N–H and O–H groups in total. The van der Waals surface area contributed by atoms with Gasteiger partial charge in [-0.15, -0.1) is 0 Å². The average molecular weight is 1160 g/mol. The summed E-state index contributed by atoms with van der Waals surface area (Å²) in [6.45, 7) is 22.1. The molecule has 0 rings (SSSR count). The van der Waals surface area contributed by atoms with E-state index in [1.54, 1.807) is 0 Å². The van der Waals surface area contributed by atoms with Gasteiger partial charge in [0.1, 0.15) is 0 Å². The normalized spacial score (nSPS) is 11.8. The number of rotatable bonds is 54. The first kappa shape index (κ1) is 84.0. The van der Waals surface area contributed by atoms with E-state index < -0.39 is 10.4 Å². The molecule has 75 heavy (non-hydrogen) atoms. The third-order valence-electron chi connectivity index (χ3n) is 15.7. The van der Waals surface area contributed by atoms with Crippen LogP contribution in [0.15, 0.2) is 0 Å². The van der Waals surface area contributed by atoms with Gasteiger partial charge in [-0.3, -0.25) is 8.42 Å². The molecule has 0 spiro atoms. The minimum absolute atomic E-state index is 0. The van der Waals surface area contributed by atoms with Gasteiger partial charge in [0.05, 0.1) is 81.6 Å². The Labute approximate surface area is 487 Å². The van der Waals surface area contributed by atoms with Crippen LogP contribution in [-0.4, -0.2) is 113 Å². The molecule has 7 nitrogen and oxygen atoms in total. The minimum Gasteiger partial charge on any atom is -1.00 e. The highest BCUT2D eigenvalue weighted by Gasteiger charge is 2.16. The van der Waals surface area contributed by atoms with E-state index in [0.717, 1.165) is 0 Å². The van der Waals surface area contributed by atoms with Crippen LogP contribution >= 0.6 is 0 Å². The minimum atomic E-state index is -5.17. The van der Waals surface area contributed by atoms with E-state index in [4.69, 9.17) is 17.5 Å². The molecule has 0 aliphatic carbocycles. The Morgan fingerprint density at radius 3 is 0.387 bits per heavy atom. The molecule has 0 heterocycles. The second kappa shape index (κ2) is 65.0. The van der Waals surface area contributed by atoms with E-state index in [1.165, 1.54) is 361 Å². The Bertz CT molecular complexity index is 950. The van der Waals surface area contributed by atoms with Crippen molar-refractivity contribution >= 4 is 10.4 Å². The van der Waals surface area contributed by atoms with Crippen LogP contribution in [-0.2, 0) is 10.4 Å². The summed E-state index contributed by atoms with van der Waals surface area (Å²) in [5.41, 5.74) is 0. The lowest BCUT2D eigenvalue weighted by Crippen LogP contribution is -3.00. The largest absolute Gasteiger partial charge is 1.00 e. The van der Waals surface area contributed by atoms with Crippen molar-refractivity contribution < 1.29 is 48.0 Å². The van der Waals surface area contributed by atoms with E-state index in [-0.39, 0.29) is 17.0 Å². The van der Waals surface area contributed by atoms with Crippen LogP contribution in [0.4, 0.5) is 0 Å². The molecule has 0 fully saturated rings. The molecular formula is C66H144BrN3O4S. The smallest absolute Gasteiger partial charge is 0.0782 e. The quantitative estimate of drug-likeness (QED) is 0.0263. The van der Waals surface area contributed by atoms with E-state index in [0.29, 0.717) is 0 Å². The molecule has 0 saturated carbocycles. The predicted molar refractivity (Wildman–Crippen MR) is 332 cm³/mol. The highest BCUT2D eigenvalue weighted by atomic mass is 79.9. The lowest BCUT2D eigenvalue weighted by atomic mass is 10.1. The topological polar surface area (TPSA) is 80.3 Å². The van der Waals surface area contributed by atoms with Crippen LogP contribution in [0, 0.1) is 0 Å². The fourth-order valence-electron chi connectivity index (χ4n) is 10.4. The van der Waals surface area contributed by atoms with Gasteiger partial charge in [0.15, 0.2) is 0 Å². The molecule has 0 aliphatic heterocycles. The van der Waals surface area contributed by atoms with Gasteiger partial charge in [0, 0.05) is 10.4 Å². The number of quaternary nitrogens is 3. The Hall–Kier alpha value is 0.230. The summed E-state index contributed by atoms with van der Waals surface area (Å²) in [5, 5.41) is 0.